The number of rotatable bonds is 8. The summed E-state index contributed by atoms with van der Waals surface area (Å²) in [5, 5.41) is 7.07. The number of aromatic nitrogens is 1. The maximum absolute atomic E-state index is 14.0. The van der Waals surface area contributed by atoms with E-state index in [1.807, 2.05) is 0 Å². The van der Waals surface area contributed by atoms with Crippen LogP contribution in [0, 0.1) is 11.2 Å². The zero-order valence-electron chi connectivity index (χ0n) is 23.9. The number of aryl methyl sites for hydroxylation is 1. The minimum Gasteiger partial charge on any atom is -0.444 e. The van der Waals surface area contributed by atoms with E-state index >= 15 is 0 Å². The molecule has 0 aliphatic carbocycles. The van der Waals surface area contributed by atoms with Crippen LogP contribution in [-0.4, -0.2) is 76.0 Å². The summed E-state index contributed by atoms with van der Waals surface area (Å²) in [6, 6.07) is 8.01. The van der Waals surface area contributed by atoms with Crippen LogP contribution in [0.25, 0.3) is 0 Å². The molecule has 43 heavy (non-hydrogen) atoms. The van der Waals surface area contributed by atoms with E-state index in [0.717, 1.165) is 0 Å². The lowest BCUT2D eigenvalue weighted by Crippen LogP contribution is -2.59. The normalized spacial score (nSPS) is 19.5. The number of alkyl halides is 3. The largest absolute Gasteiger partial charge is 0.444 e. The van der Waals surface area contributed by atoms with Crippen molar-refractivity contribution in [3.63, 3.8) is 0 Å². The van der Waals surface area contributed by atoms with Crippen LogP contribution in [0.4, 0.5) is 22.4 Å². The zero-order valence-corrected chi connectivity index (χ0v) is 25.5. The quantitative estimate of drug-likeness (QED) is 0.397. The number of carbonyl (C=O) groups is 3. The fourth-order valence-electron chi connectivity index (χ4n) is 5.22. The lowest BCUT2D eigenvalue weighted by atomic mass is 9.74. The first-order valence-corrected chi connectivity index (χ1v) is 14.4. The predicted molar refractivity (Wildman–Crippen MR) is 152 cm³/mol. The van der Waals surface area contributed by atoms with Crippen LogP contribution in [-0.2, 0) is 27.2 Å². The first kappa shape index (κ1) is 32.4. The maximum Gasteiger partial charge on any atom is 0.408 e. The van der Waals surface area contributed by atoms with Gasteiger partial charge >= 0.3 is 12.3 Å². The molecule has 1 N–H and O–H groups in total. The predicted octanol–water partition coefficient (Wildman–Crippen LogP) is 5.03. The minimum atomic E-state index is -4.68. The number of nitrogens with zero attached hydrogens (tertiary/aromatic N) is 4. The first-order valence-electron chi connectivity index (χ1n) is 13.7. The van der Waals surface area contributed by atoms with Gasteiger partial charge in [0.2, 0.25) is 5.91 Å². The van der Waals surface area contributed by atoms with Gasteiger partial charge in [-0.3, -0.25) is 14.6 Å². The van der Waals surface area contributed by atoms with Crippen LogP contribution in [0.15, 0.2) is 52.2 Å². The summed E-state index contributed by atoms with van der Waals surface area (Å²) >= 11 is 3.37. The summed E-state index contributed by atoms with van der Waals surface area (Å²) in [4.78, 5) is 45.9. The molecule has 0 saturated carbocycles. The molecule has 14 heteroatoms. The Morgan fingerprint density at radius 3 is 2.58 bits per heavy atom. The van der Waals surface area contributed by atoms with E-state index in [9.17, 15) is 31.9 Å². The molecule has 3 amide bonds. The van der Waals surface area contributed by atoms with Crippen molar-refractivity contribution in [1.82, 2.24) is 20.2 Å². The second-order valence-electron chi connectivity index (χ2n) is 11.6. The van der Waals surface area contributed by atoms with Crippen molar-refractivity contribution in [2.45, 2.75) is 64.3 Å². The number of hydrogen-bond donors (Lipinski definition) is 1. The van der Waals surface area contributed by atoms with E-state index in [2.05, 4.69) is 31.3 Å². The average molecular weight is 671 g/mol. The van der Waals surface area contributed by atoms with Crippen LogP contribution in [0.5, 0.6) is 0 Å². The number of ether oxygens (including phenoxy) is 1. The second-order valence-corrected chi connectivity index (χ2v) is 12.4. The highest BCUT2D eigenvalue weighted by molar-refractivity contribution is 9.10. The van der Waals surface area contributed by atoms with Gasteiger partial charge in [-0.1, -0.05) is 22.0 Å². The molecule has 0 bridgehead atoms. The number of halogens is 5. The molecule has 0 radical (unpaired) electrons. The van der Waals surface area contributed by atoms with E-state index in [1.165, 1.54) is 29.3 Å². The Hall–Kier alpha value is -3.55. The van der Waals surface area contributed by atoms with E-state index in [-0.39, 0.29) is 44.5 Å². The number of carbonyl (C=O) groups excluding carboxylic acids is 3. The van der Waals surface area contributed by atoms with Gasteiger partial charge in [0.25, 0.3) is 5.91 Å². The molecule has 2 atom stereocenters. The van der Waals surface area contributed by atoms with Crippen molar-refractivity contribution in [2.75, 3.05) is 19.6 Å². The van der Waals surface area contributed by atoms with Gasteiger partial charge in [0.1, 0.15) is 29.4 Å². The zero-order chi connectivity index (χ0) is 31.6. The number of fused-ring (bicyclic) bond motifs is 1. The second kappa shape index (κ2) is 12.6. The van der Waals surface area contributed by atoms with Crippen molar-refractivity contribution in [1.29, 1.82) is 0 Å². The number of pyridine rings is 1. The van der Waals surface area contributed by atoms with E-state index in [1.54, 1.807) is 39.0 Å². The summed E-state index contributed by atoms with van der Waals surface area (Å²) in [5.74, 6) is -1.90. The molecule has 1 aromatic heterocycles. The monoisotopic (exact) mass is 669 g/mol. The summed E-state index contributed by atoms with van der Waals surface area (Å²) in [6.07, 6.45) is -3.78. The summed E-state index contributed by atoms with van der Waals surface area (Å²) in [6.45, 7) is 3.24. The molecule has 1 saturated heterocycles. The Morgan fingerprint density at radius 2 is 1.93 bits per heavy atom. The standard InChI is InChI=1S/C29H32BrF4N5O4/c1-27(2,3)43-26(42)36-22(10-7-18-14-19(31)8-9-21(18)30)24(40)38-13-11-23-28(16-38,15-20-6-4-5-12-35-20)25(41)39(37-23)17-29(32,33)34/h4-6,8-9,12,14,22H,7,10-11,13,15-17H2,1-3H3,(H,36,42)/t22?,28-/m1/s1. The van der Waals surface area contributed by atoms with Gasteiger partial charge in [0.05, 0.1) is 5.71 Å². The van der Waals surface area contributed by atoms with Gasteiger partial charge in [0.15, 0.2) is 0 Å². The number of alkyl carbamates (subject to hydrolysis) is 1. The van der Waals surface area contributed by atoms with Crippen molar-refractivity contribution in [3.05, 3.63) is 64.1 Å². The van der Waals surface area contributed by atoms with Crippen LogP contribution in [0.1, 0.15) is 44.9 Å². The molecule has 3 heterocycles. The number of nitrogens with one attached hydrogen (secondary N) is 1. The van der Waals surface area contributed by atoms with Gasteiger partial charge in [-0.25, -0.2) is 14.2 Å². The van der Waals surface area contributed by atoms with Crippen molar-refractivity contribution in [3.8, 4) is 0 Å². The molecule has 232 valence electrons. The van der Waals surface area contributed by atoms with Crippen LogP contribution in [0.2, 0.25) is 0 Å². The molecule has 1 aromatic carbocycles. The van der Waals surface area contributed by atoms with Gasteiger partial charge in [-0.05, 0) is 69.5 Å². The van der Waals surface area contributed by atoms with Gasteiger partial charge < -0.3 is 15.0 Å². The Balaban J connectivity index is 1.62. The Bertz CT molecular complexity index is 1400. The highest BCUT2D eigenvalue weighted by Gasteiger charge is 2.56. The number of hydrogen-bond acceptors (Lipinski definition) is 6. The molecule has 0 spiro atoms. The molecule has 9 nitrogen and oxygen atoms in total. The summed E-state index contributed by atoms with van der Waals surface area (Å²) in [5.41, 5.74) is -1.15. The molecular weight excluding hydrogens is 638 g/mol. The highest BCUT2D eigenvalue weighted by atomic mass is 79.9. The molecule has 2 aliphatic heterocycles. The van der Waals surface area contributed by atoms with Gasteiger partial charge in [0, 0.05) is 42.3 Å². The third-order valence-corrected chi connectivity index (χ3v) is 7.84. The lowest BCUT2D eigenvalue weighted by molar-refractivity contribution is -0.164. The van der Waals surface area contributed by atoms with Crippen molar-refractivity contribution < 1.29 is 36.7 Å². The van der Waals surface area contributed by atoms with E-state index < -0.39 is 53.5 Å². The van der Waals surface area contributed by atoms with Gasteiger partial charge in [-0.2, -0.15) is 18.3 Å². The number of benzene rings is 1. The number of likely N-dealkylation sites (tertiary alicyclic amines) is 1. The van der Waals surface area contributed by atoms with Crippen LogP contribution < -0.4 is 5.32 Å². The van der Waals surface area contributed by atoms with E-state index in [0.29, 0.717) is 20.7 Å². The SMILES string of the molecule is CC(C)(C)OC(=O)NC(CCc1cc(F)ccc1Br)C(=O)N1CCC2=NN(CC(F)(F)F)C(=O)[C@]2(Cc2ccccn2)C1. The van der Waals surface area contributed by atoms with Crippen LogP contribution in [0.3, 0.4) is 0 Å². The van der Waals surface area contributed by atoms with Crippen molar-refractivity contribution >= 4 is 39.5 Å². The molecule has 1 fully saturated rings. The molecule has 2 aromatic rings. The Morgan fingerprint density at radius 1 is 1.19 bits per heavy atom. The van der Waals surface area contributed by atoms with E-state index in [4.69, 9.17) is 4.74 Å². The fourth-order valence-corrected chi connectivity index (χ4v) is 5.67. The Labute approximate surface area is 254 Å². The Kier molecular flexibility index (Phi) is 9.48. The third-order valence-electron chi connectivity index (χ3n) is 7.07. The van der Waals surface area contributed by atoms with Crippen LogP contribution >= 0.6 is 15.9 Å². The van der Waals surface area contributed by atoms with Gasteiger partial charge in [-0.15, -0.1) is 0 Å². The third kappa shape index (κ3) is 8.09. The molecular formula is C29H32BrF4N5O4. The fraction of sp³-hybridized carbons (Fsp3) is 0.483. The number of amides is 3. The average Bonchev–Trinajstić information content (AvgIpc) is 3.16. The summed E-state index contributed by atoms with van der Waals surface area (Å²) in [7, 11) is 0. The molecule has 2 aliphatic rings. The maximum atomic E-state index is 14.0. The number of hydrazone groups is 1. The molecule has 4 rings (SSSR count). The minimum absolute atomic E-state index is 0.0489. The number of piperidine rings is 1. The lowest BCUT2D eigenvalue weighted by Gasteiger charge is -2.40. The topological polar surface area (TPSA) is 104 Å². The first-order chi connectivity index (χ1) is 20.1. The molecule has 1 unspecified atom stereocenters. The van der Waals surface area contributed by atoms with Crippen molar-refractivity contribution in [2.24, 2.45) is 10.5 Å². The summed E-state index contributed by atoms with van der Waals surface area (Å²) < 4.78 is 59.9. The smallest absolute Gasteiger partial charge is 0.408 e. The highest BCUT2D eigenvalue weighted by Crippen LogP contribution is 2.39.